The number of aliphatic carboxylic acids is 1. The summed E-state index contributed by atoms with van der Waals surface area (Å²) in [4.78, 5) is 21.9. The van der Waals surface area contributed by atoms with Gasteiger partial charge in [-0.05, 0) is 25.5 Å². The third-order valence-electron chi connectivity index (χ3n) is 2.20. The Hall–Kier alpha value is -2.04. The first-order valence-corrected chi connectivity index (χ1v) is 5.21. The zero-order valence-electron chi connectivity index (χ0n) is 9.77. The van der Waals surface area contributed by atoms with Gasteiger partial charge in [0.05, 0.1) is 0 Å². The zero-order valence-corrected chi connectivity index (χ0v) is 9.77. The molecule has 0 saturated heterocycles. The lowest BCUT2D eigenvalue weighted by atomic mass is 10.2. The van der Waals surface area contributed by atoms with Crippen LogP contribution in [-0.4, -0.2) is 29.6 Å². The highest BCUT2D eigenvalue weighted by molar-refractivity contribution is 5.84. The lowest BCUT2D eigenvalue weighted by Crippen LogP contribution is -2.40. The Morgan fingerprint density at radius 1 is 1.41 bits per heavy atom. The summed E-state index contributed by atoms with van der Waals surface area (Å²) < 4.78 is 5.27. The molecule has 1 amide bonds. The van der Waals surface area contributed by atoms with Crippen LogP contribution >= 0.6 is 0 Å². The average molecular weight is 237 g/mol. The average Bonchev–Trinajstić information content (AvgIpc) is 2.27. The maximum absolute atomic E-state index is 11.3. The third-order valence-corrected chi connectivity index (χ3v) is 2.20. The summed E-state index contributed by atoms with van der Waals surface area (Å²) in [5.74, 6) is -0.914. The van der Waals surface area contributed by atoms with Gasteiger partial charge < -0.3 is 15.2 Å². The van der Waals surface area contributed by atoms with Crippen LogP contribution in [0.5, 0.6) is 5.75 Å². The van der Waals surface area contributed by atoms with Crippen LogP contribution in [0.15, 0.2) is 24.3 Å². The van der Waals surface area contributed by atoms with Crippen LogP contribution in [0.4, 0.5) is 0 Å². The molecule has 0 aromatic heterocycles. The summed E-state index contributed by atoms with van der Waals surface area (Å²) in [6.07, 6.45) is 0. The number of hydrogen-bond acceptors (Lipinski definition) is 3. The lowest BCUT2D eigenvalue weighted by Gasteiger charge is -2.11. The molecular formula is C12H15NO4. The van der Waals surface area contributed by atoms with Crippen LogP contribution in [0.1, 0.15) is 12.5 Å². The van der Waals surface area contributed by atoms with Crippen LogP contribution in [0, 0.1) is 6.92 Å². The molecule has 0 radical (unpaired) electrons. The molecule has 2 N–H and O–H groups in total. The predicted molar refractivity (Wildman–Crippen MR) is 61.9 cm³/mol. The maximum atomic E-state index is 11.3. The number of hydrogen-bond donors (Lipinski definition) is 2. The first-order chi connectivity index (χ1) is 8.00. The van der Waals surface area contributed by atoms with Crippen molar-refractivity contribution in [3.05, 3.63) is 29.8 Å². The molecule has 0 saturated carbocycles. The second kappa shape index (κ2) is 5.89. The number of aryl methyl sites for hydroxylation is 1. The summed E-state index contributed by atoms with van der Waals surface area (Å²) in [6.45, 7) is 3.07. The Balaban J connectivity index is 2.44. The first-order valence-electron chi connectivity index (χ1n) is 5.21. The van der Waals surface area contributed by atoms with Crippen LogP contribution in [0.3, 0.4) is 0 Å². The van der Waals surface area contributed by atoms with Crippen molar-refractivity contribution in [1.82, 2.24) is 5.32 Å². The minimum atomic E-state index is -1.07. The second-order valence-corrected chi connectivity index (χ2v) is 3.68. The SMILES string of the molecule is Cc1ccccc1OCC(=O)NC(C)C(=O)O. The van der Waals surface area contributed by atoms with Crippen LogP contribution in [-0.2, 0) is 9.59 Å². The van der Waals surface area contributed by atoms with E-state index in [1.54, 1.807) is 12.1 Å². The molecule has 0 aliphatic carbocycles. The van der Waals surface area contributed by atoms with E-state index in [4.69, 9.17) is 9.84 Å². The van der Waals surface area contributed by atoms with Crippen molar-refractivity contribution >= 4 is 11.9 Å². The fourth-order valence-corrected chi connectivity index (χ4v) is 1.21. The quantitative estimate of drug-likeness (QED) is 0.799. The van der Waals surface area contributed by atoms with Gasteiger partial charge in [0.2, 0.25) is 0 Å². The van der Waals surface area contributed by atoms with E-state index < -0.39 is 17.9 Å². The minimum Gasteiger partial charge on any atom is -0.484 e. The van der Waals surface area contributed by atoms with Crippen molar-refractivity contribution in [1.29, 1.82) is 0 Å². The normalized spacial score (nSPS) is 11.6. The van der Waals surface area contributed by atoms with Gasteiger partial charge in [0, 0.05) is 0 Å². The number of benzene rings is 1. The van der Waals surface area contributed by atoms with Crippen LogP contribution < -0.4 is 10.1 Å². The van der Waals surface area contributed by atoms with Crippen molar-refractivity contribution in [3.8, 4) is 5.75 Å². The summed E-state index contributed by atoms with van der Waals surface area (Å²) in [7, 11) is 0. The molecule has 1 rings (SSSR count). The smallest absolute Gasteiger partial charge is 0.325 e. The third kappa shape index (κ3) is 4.14. The molecule has 5 heteroatoms. The molecule has 1 aromatic carbocycles. The van der Waals surface area contributed by atoms with E-state index in [1.165, 1.54) is 6.92 Å². The Morgan fingerprint density at radius 3 is 2.65 bits per heavy atom. The van der Waals surface area contributed by atoms with E-state index in [2.05, 4.69) is 5.32 Å². The Morgan fingerprint density at radius 2 is 2.06 bits per heavy atom. The van der Waals surface area contributed by atoms with Gasteiger partial charge in [0.1, 0.15) is 11.8 Å². The molecule has 0 heterocycles. The number of carbonyl (C=O) groups excluding carboxylic acids is 1. The van der Waals surface area contributed by atoms with Crippen molar-refractivity contribution in [2.75, 3.05) is 6.61 Å². The van der Waals surface area contributed by atoms with Gasteiger partial charge in [0.15, 0.2) is 6.61 Å². The zero-order chi connectivity index (χ0) is 12.8. The van der Waals surface area contributed by atoms with Gasteiger partial charge in [0.25, 0.3) is 5.91 Å². The molecule has 0 aliphatic heterocycles. The number of ether oxygens (including phenoxy) is 1. The monoisotopic (exact) mass is 237 g/mol. The van der Waals surface area contributed by atoms with Gasteiger partial charge >= 0.3 is 5.97 Å². The highest BCUT2D eigenvalue weighted by Crippen LogP contribution is 2.15. The topological polar surface area (TPSA) is 75.6 Å². The van der Waals surface area contributed by atoms with Crippen LogP contribution in [0.2, 0.25) is 0 Å². The van der Waals surface area contributed by atoms with Crippen LogP contribution in [0.25, 0.3) is 0 Å². The fourth-order valence-electron chi connectivity index (χ4n) is 1.21. The summed E-state index contributed by atoms with van der Waals surface area (Å²) in [5.41, 5.74) is 0.923. The van der Waals surface area contributed by atoms with E-state index in [9.17, 15) is 9.59 Å². The highest BCUT2D eigenvalue weighted by Gasteiger charge is 2.14. The summed E-state index contributed by atoms with van der Waals surface area (Å²) in [5, 5.41) is 10.9. The van der Waals surface area contributed by atoms with E-state index in [0.717, 1.165) is 5.56 Å². The predicted octanol–water partition coefficient (Wildman–Crippen LogP) is 0.963. The van der Waals surface area contributed by atoms with E-state index in [1.807, 2.05) is 19.1 Å². The minimum absolute atomic E-state index is 0.192. The second-order valence-electron chi connectivity index (χ2n) is 3.68. The number of carbonyl (C=O) groups is 2. The largest absolute Gasteiger partial charge is 0.484 e. The lowest BCUT2D eigenvalue weighted by molar-refractivity contribution is -0.141. The molecule has 92 valence electrons. The van der Waals surface area contributed by atoms with Gasteiger partial charge in [-0.1, -0.05) is 18.2 Å². The standard InChI is InChI=1S/C12H15NO4/c1-8-5-3-4-6-10(8)17-7-11(14)13-9(2)12(15)16/h3-6,9H,7H2,1-2H3,(H,13,14)(H,15,16). The van der Waals surface area contributed by atoms with Gasteiger partial charge in [-0.3, -0.25) is 9.59 Å². The number of carboxylic acids is 1. The molecule has 0 bridgehead atoms. The van der Waals surface area contributed by atoms with E-state index >= 15 is 0 Å². The van der Waals surface area contributed by atoms with Gasteiger partial charge in [-0.25, -0.2) is 0 Å². The molecule has 0 aliphatic rings. The summed E-state index contributed by atoms with van der Waals surface area (Å²) in [6, 6.07) is 6.38. The number of carboxylic acid groups (broad SMARTS) is 1. The Labute approximate surface area is 99.4 Å². The first kappa shape index (κ1) is 13.0. The molecule has 1 atom stereocenters. The fraction of sp³-hybridized carbons (Fsp3) is 0.333. The molecule has 0 spiro atoms. The van der Waals surface area contributed by atoms with E-state index in [-0.39, 0.29) is 6.61 Å². The van der Waals surface area contributed by atoms with Gasteiger partial charge in [-0.2, -0.15) is 0 Å². The van der Waals surface area contributed by atoms with Crippen molar-refractivity contribution in [3.63, 3.8) is 0 Å². The maximum Gasteiger partial charge on any atom is 0.325 e. The highest BCUT2D eigenvalue weighted by atomic mass is 16.5. The number of amides is 1. The molecule has 5 nitrogen and oxygen atoms in total. The molecule has 0 fully saturated rings. The molecule has 1 aromatic rings. The van der Waals surface area contributed by atoms with Crippen molar-refractivity contribution in [2.45, 2.75) is 19.9 Å². The van der Waals surface area contributed by atoms with Gasteiger partial charge in [-0.15, -0.1) is 0 Å². The number of nitrogens with one attached hydrogen (secondary N) is 1. The van der Waals surface area contributed by atoms with E-state index in [0.29, 0.717) is 5.75 Å². The number of para-hydroxylation sites is 1. The molecular weight excluding hydrogens is 222 g/mol. The van der Waals surface area contributed by atoms with Crippen molar-refractivity contribution < 1.29 is 19.4 Å². The molecule has 1 unspecified atom stereocenters. The Bertz CT molecular complexity index is 417. The molecule has 17 heavy (non-hydrogen) atoms. The Kier molecular flexibility index (Phi) is 4.51. The summed E-state index contributed by atoms with van der Waals surface area (Å²) >= 11 is 0. The van der Waals surface area contributed by atoms with Crippen molar-refractivity contribution in [2.24, 2.45) is 0 Å². The number of rotatable bonds is 5.